The van der Waals surface area contributed by atoms with Crippen molar-refractivity contribution in [2.75, 3.05) is 19.6 Å². The highest BCUT2D eigenvalue weighted by molar-refractivity contribution is 5.94. The zero-order valence-electron chi connectivity index (χ0n) is 16.4. The summed E-state index contributed by atoms with van der Waals surface area (Å²) in [4.78, 5) is 37.8. The van der Waals surface area contributed by atoms with E-state index in [1.165, 1.54) is 12.6 Å². The van der Waals surface area contributed by atoms with Gasteiger partial charge in [-0.25, -0.2) is 4.98 Å². The largest absolute Gasteiger partial charge is 0.438 e. The molecule has 4 heterocycles. The van der Waals surface area contributed by atoms with Gasteiger partial charge in [0.05, 0.1) is 11.8 Å². The molecule has 0 bridgehead atoms. The predicted molar refractivity (Wildman–Crippen MR) is 103 cm³/mol. The summed E-state index contributed by atoms with van der Waals surface area (Å²) in [5.41, 5.74) is 1.64. The molecular formula is C21H26N4O3. The van der Waals surface area contributed by atoms with Crippen LogP contribution in [0.15, 0.2) is 35.3 Å². The van der Waals surface area contributed by atoms with Gasteiger partial charge in [-0.1, -0.05) is 13.8 Å². The smallest absolute Gasteiger partial charge is 0.291 e. The van der Waals surface area contributed by atoms with Gasteiger partial charge in [-0.3, -0.25) is 14.6 Å². The van der Waals surface area contributed by atoms with Gasteiger partial charge in [0.2, 0.25) is 5.76 Å². The maximum absolute atomic E-state index is 13.1. The summed E-state index contributed by atoms with van der Waals surface area (Å²) in [5.74, 6) is 0.842. The third-order valence-corrected chi connectivity index (χ3v) is 5.88. The molecule has 2 saturated heterocycles. The van der Waals surface area contributed by atoms with Crippen LogP contribution in [0.2, 0.25) is 0 Å². The normalized spacial score (nSPS) is 22.2. The number of piperidine rings is 2. The van der Waals surface area contributed by atoms with E-state index in [1.807, 2.05) is 21.9 Å². The lowest BCUT2D eigenvalue weighted by atomic mass is 9.83. The molecule has 2 unspecified atom stereocenters. The first-order valence-corrected chi connectivity index (χ1v) is 9.99. The Hall–Kier alpha value is -2.70. The van der Waals surface area contributed by atoms with Gasteiger partial charge in [-0.05, 0) is 43.2 Å². The van der Waals surface area contributed by atoms with Crippen LogP contribution in [0, 0.1) is 5.92 Å². The third kappa shape index (κ3) is 3.53. The summed E-state index contributed by atoms with van der Waals surface area (Å²) in [6.45, 7) is 6.22. The SMILES string of the molecule is CC(C)c1ccc(C(=O)N2CCCC3CN(C(=O)c4cnco4)CCC32)cn1. The Labute approximate surface area is 164 Å². The number of pyridine rings is 1. The maximum Gasteiger partial charge on any atom is 0.291 e. The fourth-order valence-electron chi connectivity index (χ4n) is 4.36. The molecule has 2 atom stereocenters. The molecule has 2 amide bonds. The van der Waals surface area contributed by atoms with Crippen molar-refractivity contribution in [3.63, 3.8) is 0 Å². The lowest BCUT2D eigenvalue weighted by Crippen LogP contribution is -2.56. The summed E-state index contributed by atoms with van der Waals surface area (Å²) in [6, 6.07) is 4.00. The number of carbonyl (C=O) groups excluding carboxylic acids is 2. The fourth-order valence-corrected chi connectivity index (χ4v) is 4.36. The Bertz CT molecular complexity index is 832. The summed E-state index contributed by atoms with van der Waals surface area (Å²) < 4.78 is 5.15. The van der Waals surface area contributed by atoms with Crippen molar-refractivity contribution in [3.8, 4) is 0 Å². The average molecular weight is 382 g/mol. The van der Waals surface area contributed by atoms with Gasteiger partial charge in [0, 0.05) is 37.6 Å². The van der Waals surface area contributed by atoms with E-state index in [4.69, 9.17) is 4.42 Å². The zero-order chi connectivity index (χ0) is 19.7. The quantitative estimate of drug-likeness (QED) is 0.815. The number of rotatable bonds is 3. The average Bonchev–Trinajstić information content (AvgIpc) is 3.26. The highest BCUT2D eigenvalue weighted by Gasteiger charge is 2.40. The van der Waals surface area contributed by atoms with E-state index < -0.39 is 0 Å². The summed E-state index contributed by atoms with van der Waals surface area (Å²) in [6.07, 6.45) is 7.20. The summed E-state index contributed by atoms with van der Waals surface area (Å²) >= 11 is 0. The number of oxazole rings is 1. The highest BCUT2D eigenvalue weighted by atomic mass is 16.3. The van der Waals surface area contributed by atoms with Crippen LogP contribution in [0.1, 0.15) is 65.6 Å². The molecule has 0 saturated carbocycles. The molecule has 0 spiro atoms. The van der Waals surface area contributed by atoms with Crippen molar-refractivity contribution >= 4 is 11.8 Å². The van der Waals surface area contributed by atoms with Crippen LogP contribution in [0.3, 0.4) is 0 Å². The fraction of sp³-hybridized carbons (Fsp3) is 0.524. The van der Waals surface area contributed by atoms with Crippen LogP contribution < -0.4 is 0 Å². The second kappa shape index (κ2) is 7.73. The minimum atomic E-state index is -0.118. The molecule has 0 aliphatic carbocycles. The van der Waals surface area contributed by atoms with Gasteiger partial charge in [-0.2, -0.15) is 0 Å². The molecule has 0 aromatic carbocycles. The first kappa shape index (κ1) is 18.7. The van der Waals surface area contributed by atoms with Crippen molar-refractivity contribution in [1.82, 2.24) is 19.8 Å². The van der Waals surface area contributed by atoms with E-state index in [0.29, 0.717) is 30.5 Å². The van der Waals surface area contributed by atoms with E-state index in [1.54, 1.807) is 6.20 Å². The molecule has 7 heteroatoms. The van der Waals surface area contributed by atoms with Gasteiger partial charge in [0.1, 0.15) is 0 Å². The Morgan fingerprint density at radius 3 is 2.68 bits per heavy atom. The molecule has 0 N–H and O–H groups in total. The number of hydrogen-bond acceptors (Lipinski definition) is 5. The maximum atomic E-state index is 13.1. The lowest BCUT2D eigenvalue weighted by molar-refractivity contribution is 0.0187. The summed E-state index contributed by atoms with van der Waals surface area (Å²) in [7, 11) is 0. The van der Waals surface area contributed by atoms with Gasteiger partial charge < -0.3 is 14.2 Å². The van der Waals surface area contributed by atoms with Crippen LogP contribution >= 0.6 is 0 Å². The molecule has 0 radical (unpaired) electrons. The van der Waals surface area contributed by atoms with Gasteiger partial charge >= 0.3 is 0 Å². The Balaban J connectivity index is 1.46. The van der Waals surface area contributed by atoms with Crippen LogP contribution in [-0.4, -0.2) is 57.3 Å². The summed E-state index contributed by atoms with van der Waals surface area (Å²) in [5, 5.41) is 0. The Morgan fingerprint density at radius 2 is 2.00 bits per heavy atom. The number of aromatic nitrogens is 2. The zero-order valence-corrected chi connectivity index (χ0v) is 16.4. The molecule has 148 valence electrons. The van der Waals surface area contributed by atoms with Gasteiger partial charge in [-0.15, -0.1) is 0 Å². The first-order valence-electron chi connectivity index (χ1n) is 9.99. The second-order valence-electron chi connectivity index (χ2n) is 8.00. The van der Waals surface area contributed by atoms with E-state index in [0.717, 1.165) is 31.5 Å². The number of nitrogens with zero attached hydrogens (tertiary/aromatic N) is 4. The van der Waals surface area contributed by atoms with Crippen molar-refractivity contribution in [3.05, 3.63) is 47.9 Å². The van der Waals surface area contributed by atoms with E-state index in [9.17, 15) is 9.59 Å². The van der Waals surface area contributed by atoms with Crippen LogP contribution in [0.25, 0.3) is 0 Å². The Morgan fingerprint density at radius 1 is 1.14 bits per heavy atom. The number of carbonyl (C=O) groups is 2. The molecule has 2 aromatic rings. The molecule has 2 aliphatic rings. The molecule has 2 aromatic heterocycles. The number of hydrogen-bond donors (Lipinski definition) is 0. The van der Waals surface area contributed by atoms with Crippen molar-refractivity contribution in [2.24, 2.45) is 5.92 Å². The van der Waals surface area contributed by atoms with Crippen LogP contribution in [-0.2, 0) is 0 Å². The molecular weight excluding hydrogens is 356 g/mol. The minimum absolute atomic E-state index is 0.0486. The van der Waals surface area contributed by atoms with Crippen LogP contribution in [0.4, 0.5) is 0 Å². The minimum Gasteiger partial charge on any atom is -0.438 e. The first-order chi connectivity index (χ1) is 13.5. The monoisotopic (exact) mass is 382 g/mol. The van der Waals surface area contributed by atoms with Crippen molar-refractivity contribution in [1.29, 1.82) is 0 Å². The number of likely N-dealkylation sites (tertiary alicyclic amines) is 2. The topological polar surface area (TPSA) is 79.5 Å². The van der Waals surface area contributed by atoms with E-state index in [2.05, 4.69) is 23.8 Å². The second-order valence-corrected chi connectivity index (χ2v) is 8.00. The predicted octanol–water partition coefficient (Wildman–Crippen LogP) is 2.96. The third-order valence-electron chi connectivity index (χ3n) is 5.88. The highest BCUT2D eigenvalue weighted by Crippen LogP contribution is 2.32. The standard InChI is InChI=1S/C21H26N4O3/c1-14(2)17-6-5-15(10-23-17)20(26)25-8-3-4-16-12-24(9-7-18(16)25)21(27)19-11-22-13-28-19/h5-6,10-11,13-14,16,18H,3-4,7-9,12H2,1-2H3. The van der Waals surface area contributed by atoms with Crippen LogP contribution in [0.5, 0.6) is 0 Å². The molecule has 4 rings (SSSR count). The van der Waals surface area contributed by atoms with E-state index >= 15 is 0 Å². The van der Waals surface area contributed by atoms with Gasteiger partial charge in [0.25, 0.3) is 11.8 Å². The number of fused-ring (bicyclic) bond motifs is 1. The number of amides is 2. The van der Waals surface area contributed by atoms with Crippen molar-refractivity contribution < 1.29 is 14.0 Å². The Kier molecular flexibility index (Phi) is 5.15. The van der Waals surface area contributed by atoms with Crippen molar-refractivity contribution in [2.45, 2.75) is 45.1 Å². The lowest BCUT2D eigenvalue weighted by Gasteiger charge is -2.47. The van der Waals surface area contributed by atoms with E-state index in [-0.39, 0.29) is 23.6 Å². The molecule has 2 aliphatic heterocycles. The molecule has 2 fully saturated rings. The van der Waals surface area contributed by atoms with Gasteiger partial charge in [0.15, 0.2) is 6.39 Å². The molecule has 28 heavy (non-hydrogen) atoms. The molecule has 7 nitrogen and oxygen atoms in total.